The van der Waals surface area contributed by atoms with Gasteiger partial charge in [0.15, 0.2) is 51.9 Å². The van der Waals surface area contributed by atoms with E-state index < -0.39 is 5.60 Å². The average molecular weight is 1030 g/mol. The summed E-state index contributed by atoms with van der Waals surface area (Å²) in [5.41, 5.74) is 12.1. The van der Waals surface area contributed by atoms with E-state index >= 15 is 0 Å². The van der Waals surface area contributed by atoms with E-state index in [4.69, 9.17) is 47.8 Å². The van der Waals surface area contributed by atoms with Crippen LogP contribution in [0.2, 0.25) is 0 Å². The predicted octanol–water partition coefficient (Wildman–Crippen LogP) is 16.3. The maximum Gasteiger partial charge on any atom is 0.187 e. The van der Waals surface area contributed by atoms with E-state index in [2.05, 4.69) is 68.2 Å². The van der Waals surface area contributed by atoms with Crippen molar-refractivity contribution in [3.63, 3.8) is 0 Å². The van der Waals surface area contributed by atoms with Gasteiger partial charge in [0.2, 0.25) is 0 Å². The van der Waals surface area contributed by atoms with Gasteiger partial charge in [0.25, 0.3) is 0 Å². The summed E-state index contributed by atoms with van der Waals surface area (Å²) in [4.78, 5) is 48.1. The first-order valence-electron chi connectivity index (χ1n) is 25.9. The van der Waals surface area contributed by atoms with E-state index in [9.17, 15) is 0 Å². The molecule has 0 fully saturated rings. The molecule has 11 heteroatoms. The van der Waals surface area contributed by atoms with E-state index in [0.29, 0.717) is 68.8 Å². The number of pyridine rings is 2. The van der Waals surface area contributed by atoms with Gasteiger partial charge in [-0.2, -0.15) is 0 Å². The van der Waals surface area contributed by atoms with Crippen molar-refractivity contribution < 1.29 is 4.74 Å². The van der Waals surface area contributed by atoms with Gasteiger partial charge >= 0.3 is 0 Å². The Morgan fingerprint density at radius 1 is 0.325 bits per heavy atom. The van der Waals surface area contributed by atoms with Gasteiger partial charge < -0.3 is 4.74 Å². The molecule has 14 rings (SSSR count). The highest BCUT2D eigenvalue weighted by Crippen LogP contribution is 2.53. The fraction of sp³-hybridized carbons (Fsp3) is 0.0145. The maximum atomic E-state index is 8.07. The second-order valence-corrected chi connectivity index (χ2v) is 19.3. The molecule has 13 aromatic rings. The highest BCUT2D eigenvalue weighted by atomic mass is 16.5. The number of rotatable bonds is 9. The molecule has 0 atom stereocenters. The number of nitrogens with zero attached hydrogens (tertiary/aromatic N) is 10. The zero-order valence-corrected chi connectivity index (χ0v) is 42.5. The van der Waals surface area contributed by atoms with E-state index in [0.717, 1.165) is 77.4 Å². The molecule has 11 nitrogen and oxygen atoms in total. The third-order valence-electron chi connectivity index (χ3n) is 14.5. The largest absolute Gasteiger partial charge is 0.472 e. The van der Waals surface area contributed by atoms with Crippen molar-refractivity contribution in [2.45, 2.75) is 5.60 Å². The standard InChI is InChI=1S/C69H40N10O/c1-70-53-24-12-17-47(38-53)64-74-63(44-15-6-3-7-16-44)78-68(79-64)58-39-49(66-75-65(48-29-34-60-46(37-48)19-14-35-72-60)76-67(77-66)50-26-25-43-18-13-36-73-61(43)40-50)28-31-55(58)45-27-32-57-56-33-30-54(71-2)42-59(56)69(80-62(57)41-45,51-20-8-4-9-21-51)52-22-10-5-11-23-52/h3-42H. The van der Waals surface area contributed by atoms with Gasteiger partial charge in [0.05, 0.1) is 24.2 Å². The van der Waals surface area contributed by atoms with Gasteiger partial charge in [-0.25, -0.2) is 39.6 Å². The number of fused-ring (bicyclic) bond motifs is 5. The monoisotopic (exact) mass is 1020 g/mol. The Balaban J connectivity index is 1.01. The maximum absolute atomic E-state index is 8.07. The molecule has 0 saturated carbocycles. The molecule has 0 radical (unpaired) electrons. The van der Waals surface area contributed by atoms with Crippen LogP contribution in [-0.4, -0.2) is 39.9 Å². The van der Waals surface area contributed by atoms with Crippen LogP contribution >= 0.6 is 0 Å². The van der Waals surface area contributed by atoms with Crippen LogP contribution < -0.4 is 4.74 Å². The number of hydrogen-bond acceptors (Lipinski definition) is 9. The van der Waals surface area contributed by atoms with Crippen LogP contribution in [-0.2, 0) is 5.60 Å². The van der Waals surface area contributed by atoms with E-state index in [1.807, 2.05) is 170 Å². The Morgan fingerprint density at radius 3 is 1.55 bits per heavy atom. The lowest BCUT2D eigenvalue weighted by Gasteiger charge is -2.41. The Hall–Kier alpha value is -11.4. The van der Waals surface area contributed by atoms with Crippen LogP contribution in [0.3, 0.4) is 0 Å². The molecule has 372 valence electrons. The Labute approximate surface area is 460 Å². The van der Waals surface area contributed by atoms with Crippen molar-refractivity contribution >= 4 is 33.2 Å². The third kappa shape index (κ3) is 8.41. The lowest BCUT2D eigenvalue weighted by atomic mass is 9.75. The summed E-state index contributed by atoms with van der Waals surface area (Å²) < 4.78 is 7.55. The molecule has 1 aliphatic heterocycles. The lowest BCUT2D eigenvalue weighted by Crippen LogP contribution is -2.38. The lowest BCUT2D eigenvalue weighted by molar-refractivity contribution is 0.152. The normalized spacial score (nSPS) is 12.2. The molecule has 0 bridgehead atoms. The van der Waals surface area contributed by atoms with Gasteiger partial charge in [0.1, 0.15) is 5.75 Å². The molecule has 80 heavy (non-hydrogen) atoms. The molecule has 0 spiro atoms. The SMILES string of the molecule is [C-]#[N+]c1cccc(-c2nc(-c3ccccc3)nc(-c3cc(-c4nc(-c5ccc6ncccc6c5)nc(-c5ccc6cccnc6c5)n4)ccc3-c3ccc4c(c3)OC(c3ccccc3)(c3ccccc3)c3cc([N+]#[C-])ccc3-4)n2)c1. The molecule has 0 amide bonds. The van der Waals surface area contributed by atoms with Crippen molar-refractivity contribution in [1.29, 1.82) is 0 Å². The summed E-state index contributed by atoms with van der Waals surface area (Å²) in [6.07, 6.45) is 3.56. The number of ether oxygens (including phenoxy) is 1. The Bertz CT molecular complexity index is 4530. The Kier molecular flexibility index (Phi) is 11.6. The average Bonchev–Trinajstić information content (AvgIpc) is 3.72. The van der Waals surface area contributed by atoms with Gasteiger partial charge in [-0.3, -0.25) is 9.97 Å². The molecule has 9 aromatic carbocycles. The molecule has 0 saturated heterocycles. The summed E-state index contributed by atoms with van der Waals surface area (Å²) in [5.74, 6) is 3.26. The zero-order chi connectivity index (χ0) is 53.6. The van der Waals surface area contributed by atoms with Crippen LogP contribution in [0.4, 0.5) is 11.4 Å². The predicted molar refractivity (Wildman–Crippen MR) is 313 cm³/mol. The van der Waals surface area contributed by atoms with Crippen molar-refractivity contribution in [2.24, 2.45) is 0 Å². The quantitative estimate of drug-likeness (QED) is 0.130. The van der Waals surface area contributed by atoms with Crippen LogP contribution in [0.15, 0.2) is 243 Å². The van der Waals surface area contributed by atoms with Crippen molar-refractivity contribution in [3.05, 3.63) is 282 Å². The van der Waals surface area contributed by atoms with Gasteiger partial charge in [-0.1, -0.05) is 170 Å². The third-order valence-corrected chi connectivity index (χ3v) is 14.5. The summed E-state index contributed by atoms with van der Waals surface area (Å²) in [6.45, 7) is 15.9. The molecule has 5 heterocycles. The van der Waals surface area contributed by atoms with E-state index in [1.165, 1.54) is 0 Å². The summed E-state index contributed by atoms with van der Waals surface area (Å²) in [5, 5.41) is 1.95. The fourth-order valence-corrected chi connectivity index (χ4v) is 10.6. The second-order valence-electron chi connectivity index (χ2n) is 19.3. The smallest absolute Gasteiger partial charge is 0.187 e. The molecule has 1 aliphatic rings. The minimum Gasteiger partial charge on any atom is -0.472 e. The number of benzene rings is 9. The summed E-state index contributed by atoms with van der Waals surface area (Å²) in [7, 11) is 0. The highest BCUT2D eigenvalue weighted by Gasteiger charge is 2.44. The van der Waals surface area contributed by atoms with Crippen LogP contribution in [0.5, 0.6) is 5.75 Å². The van der Waals surface area contributed by atoms with Crippen LogP contribution in [0.1, 0.15) is 16.7 Å². The molecular formula is C69H40N10O. The topological polar surface area (TPSA) is 121 Å². The number of hydrogen-bond donors (Lipinski definition) is 0. The summed E-state index contributed by atoms with van der Waals surface area (Å²) in [6, 6.07) is 75.7. The molecule has 0 N–H and O–H groups in total. The second kappa shape index (κ2) is 19.6. The summed E-state index contributed by atoms with van der Waals surface area (Å²) >= 11 is 0. The minimum atomic E-state index is -1.12. The van der Waals surface area contributed by atoms with E-state index in [1.54, 1.807) is 24.5 Å². The first-order chi connectivity index (χ1) is 39.5. The van der Waals surface area contributed by atoms with Gasteiger partial charge in [-0.05, 0) is 77.4 Å². The van der Waals surface area contributed by atoms with Crippen LogP contribution in [0.25, 0.3) is 122 Å². The van der Waals surface area contributed by atoms with Crippen molar-refractivity contribution in [1.82, 2.24) is 39.9 Å². The first kappa shape index (κ1) is 47.1. The van der Waals surface area contributed by atoms with Gasteiger partial charge in [-0.15, -0.1) is 0 Å². The first-order valence-corrected chi connectivity index (χ1v) is 25.9. The fourth-order valence-electron chi connectivity index (χ4n) is 10.6. The Morgan fingerprint density at radius 2 is 0.850 bits per heavy atom. The van der Waals surface area contributed by atoms with Crippen molar-refractivity contribution in [3.8, 4) is 96.3 Å². The zero-order valence-electron chi connectivity index (χ0n) is 42.5. The van der Waals surface area contributed by atoms with Crippen LogP contribution in [0, 0.1) is 13.1 Å². The molecule has 4 aromatic heterocycles. The molecule has 0 unspecified atom stereocenters. The minimum absolute atomic E-state index is 0.384. The highest BCUT2D eigenvalue weighted by molar-refractivity contribution is 5.90. The number of aromatic nitrogens is 8. The molecular weight excluding hydrogens is 985 g/mol. The van der Waals surface area contributed by atoms with Crippen molar-refractivity contribution in [2.75, 3.05) is 0 Å². The molecule has 0 aliphatic carbocycles. The van der Waals surface area contributed by atoms with E-state index in [-0.39, 0.29) is 0 Å². The van der Waals surface area contributed by atoms with Gasteiger partial charge in [0, 0.05) is 78.8 Å².